The number of aryl methyl sites for hydroxylation is 1. The number of nitrogens with zero attached hydrogens (tertiary/aromatic N) is 4. The maximum Gasteiger partial charge on any atom is 0.111 e. The maximum absolute atomic E-state index is 4.67. The van der Waals surface area contributed by atoms with Gasteiger partial charge in [0.15, 0.2) is 0 Å². The van der Waals surface area contributed by atoms with Gasteiger partial charge in [0.1, 0.15) is 5.82 Å². The van der Waals surface area contributed by atoms with Crippen LogP contribution in [0, 0.1) is 12.8 Å². The first-order chi connectivity index (χ1) is 11.3. The summed E-state index contributed by atoms with van der Waals surface area (Å²) in [6, 6.07) is 6.21. The average molecular weight is 310 g/mol. The zero-order valence-corrected chi connectivity index (χ0v) is 14.0. The highest BCUT2D eigenvalue weighted by atomic mass is 15.2. The van der Waals surface area contributed by atoms with Crippen LogP contribution in [0.15, 0.2) is 30.6 Å². The summed E-state index contributed by atoms with van der Waals surface area (Å²) in [7, 11) is 0. The molecule has 1 saturated carbocycles. The van der Waals surface area contributed by atoms with Crippen molar-refractivity contribution in [2.24, 2.45) is 5.92 Å². The number of likely N-dealkylation sites (tertiary alicyclic amines) is 1. The fourth-order valence-electron chi connectivity index (χ4n) is 3.81. The van der Waals surface area contributed by atoms with Crippen LogP contribution >= 0.6 is 0 Å². The second kappa shape index (κ2) is 6.44. The Bertz CT molecular complexity index is 645. The van der Waals surface area contributed by atoms with Crippen molar-refractivity contribution in [3.63, 3.8) is 0 Å². The maximum atomic E-state index is 4.67. The molecule has 0 bridgehead atoms. The van der Waals surface area contributed by atoms with E-state index in [4.69, 9.17) is 0 Å². The van der Waals surface area contributed by atoms with Crippen molar-refractivity contribution < 1.29 is 0 Å². The highest BCUT2D eigenvalue weighted by Crippen LogP contribution is 2.40. The first-order valence-electron chi connectivity index (χ1n) is 8.94. The standard InChI is InChI=1S/C19H26N4/c1-15-11-21-19(17-7-8-17)23(15)13-16-5-4-10-22(12-16)14-18-6-2-3-9-20-18/h2-3,6,9,11,16-17H,4-5,7-8,10,12-14H2,1H3. The Hall–Kier alpha value is -1.68. The van der Waals surface area contributed by atoms with E-state index in [2.05, 4.69) is 44.7 Å². The van der Waals surface area contributed by atoms with Crippen LogP contribution in [0.1, 0.15) is 48.8 Å². The van der Waals surface area contributed by atoms with Crippen molar-refractivity contribution in [3.8, 4) is 0 Å². The van der Waals surface area contributed by atoms with Gasteiger partial charge in [-0.1, -0.05) is 6.07 Å². The van der Waals surface area contributed by atoms with E-state index in [1.807, 2.05) is 12.3 Å². The monoisotopic (exact) mass is 310 g/mol. The topological polar surface area (TPSA) is 34.0 Å². The Balaban J connectivity index is 1.41. The quantitative estimate of drug-likeness (QED) is 0.849. The summed E-state index contributed by atoms with van der Waals surface area (Å²) >= 11 is 0. The van der Waals surface area contributed by atoms with Gasteiger partial charge in [-0.15, -0.1) is 0 Å². The summed E-state index contributed by atoms with van der Waals surface area (Å²) in [6.07, 6.45) is 9.24. The van der Waals surface area contributed by atoms with Crippen LogP contribution in [-0.4, -0.2) is 32.5 Å². The molecule has 1 unspecified atom stereocenters. The van der Waals surface area contributed by atoms with Crippen LogP contribution in [0.3, 0.4) is 0 Å². The van der Waals surface area contributed by atoms with Gasteiger partial charge in [0.05, 0.1) is 5.69 Å². The molecule has 2 fully saturated rings. The number of hydrogen-bond acceptors (Lipinski definition) is 3. The van der Waals surface area contributed by atoms with Crippen molar-refractivity contribution in [2.45, 2.75) is 51.6 Å². The van der Waals surface area contributed by atoms with Crippen molar-refractivity contribution in [2.75, 3.05) is 13.1 Å². The molecule has 1 aliphatic carbocycles. The molecule has 2 aromatic heterocycles. The Morgan fingerprint density at radius 1 is 1.17 bits per heavy atom. The van der Waals surface area contributed by atoms with Gasteiger partial charge in [-0.05, 0) is 57.2 Å². The van der Waals surface area contributed by atoms with Gasteiger partial charge in [-0.25, -0.2) is 4.98 Å². The minimum absolute atomic E-state index is 0.733. The van der Waals surface area contributed by atoms with Gasteiger partial charge in [0, 0.05) is 43.6 Å². The zero-order valence-electron chi connectivity index (χ0n) is 14.0. The Labute approximate surface area is 138 Å². The second-order valence-electron chi connectivity index (χ2n) is 7.21. The lowest BCUT2D eigenvalue weighted by Gasteiger charge is -2.33. The van der Waals surface area contributed by atoms with Gasteiger partial charge >= 0.3 is 0 Å². The minimum Gasteiger partial charge on any atom is -0.332 e. The van der Waals surface area contributed by atoms with Gasteiger partial charge in [-0.2, -0.15) is 0 Å². The predicted molar refractivity (Wildman–Crippen MR) is 91.2 cm³/mol. The molecule has 0 aromatic carbocycles. The molecule has 0 radical (unpaired) electrons. The molecule has 2 aliphatic rings. The second-order valence-corrected chi connectivity index (χ2v) is 7.21. The molecule has 122 valence electrons. The van der Waals surface area contributed by atoms with Crippen molar-refractivity contribution in [1.29, 1.82) is 0 Å². The molecule has 4 heteroatoms. The lowest BCUT2D eigenvalue weighted by atomic mass is 9.97. The lowest BCUT2D eigenvalue weighted by molar-refractivity contribution is 0.153. The van der Waals surface area contributed by atoms with Crippen molar-refractivity contribution >= 4 is 0 Å². The average Bonchev–Trinajstić information content (AvgIpc) is 3.35. The number of hydrogen-bond donors (Lipinski definition) is 0. The first-order valence-corrected chi connectivity index (χ1v) is 8.94. The van der Waals surface area contributed by atoms with E-state index in [-0.39, 0.29) is 0 Å². The molecule has 23 heavy (non-hydrogen) atoms. The minimum atomic E-state index is 0.733. The summed E-state index contributed by atoms with van der Waals surface area (Å²) in [5.41, 5.74) is 2.51. The van der Waals surface area contributed by atoms with Crippen LogP contribution in [-0.2, 0) is 13.1 Å². The number of pyridine rings is 1. The molecule has 1 atom stereocenters. The molecule has 0 N–H and O–H groups in total. The van der Waals surface area contributed by atoms with E-state index in [1.54, 1.807) is 0 Å². The van der Waals surface area contributed by atoms with Crippen LogP contribution in [0.4, 0.5) is 0 Å². The van der Waals surface area contributed by atoms with E-state index in [0.717, 1.165) is 24.9 Å². The Morgan fingerprint density at radius 3 is 2.87 bits per heavy atom. The normalized spacial score (nSPS) is 22.4. The third kappa shape index (κ3) is 3.47. The molecule has 2 aromatic rings. The molecule has 0 spiro atoms. The van der Waals surface area contributed by atoms with E-state index in [1.165, 1.54) is 56.0 Å². The summed E-state index contributed by atoms with van der Waals surface area (Å²) in [6.45, 7) is 6.70. The molecule has 0 amide bonds. The first kappa shape index (κ1) is 14.9. The largest absolute Gasteiger partial charge is 0.332 e. The molecular formula is C19H26N4. The van der Waals surface area contributed by atoms with Gasteiger partial charge in [0.2, 0.25) is 0 Å². The number of aromatic nitrogens is 3. The molecule has 3 heterocycles. The van der Waals surface area contributed by atoms with Crippen LogP contribution in [0.2, 0.25) is 0 Å². The fraction of sp³-hybridized carbons (Fsp3) is 0.579. The van der Waals surface area contributed by atoms with E-state index >= 15 is 0 Å². The third-order valence-electron chi connectivity index (χ3n) is 5.18. The van der Waals surface area contributed by atoms with Crippen LogP contribution < -0.4 is 0 Å². The lowest BCUT2D eigenvalue weighted by Crippen LogP contribution is -2.37. The Kier molecular flexibility index (Phi) is 4.17. The smallest absolute Gasteiger partial charge is 0.111 e. The fourth-order valence-corrected chi connectivity index (χ4v) is 3.81. The van der Waals surface area contributed by atoms with Crippen LogP contribution in [0.25, 0.3) is 0 Å². The van der Waals surface area contributed by atoms with Crippen molar-refractivity contribution in [3.05, 3.63) is 47.8 Å². The summed E-state index contributed by atoms with van der Waals surface area (Å²) in [4.78, 5) is 11.7. The Morgan fingerprint density at radius 2 is 2.09 bits per heavy atom. The van der Waals surface area contributed by atoms with E-state index in [0.29, 0.717) is 0 Å². The highest BCUT2D eigenvalue weighted by molar-refractivity contribution is 5.13. The third-order valence-corrected chi connectivity index (χ3v) is 5.18. The van der Waals surface area contributed by atoms with Gasteiger partial charge in [0.25, 0.3) is 0 Å². The van der Waals surface area contributed by atoms with E-state index < -0.39 is 0 Å². The molecule has 1 aliphatic heterocycles. The molecule has 4 nitrogen and oxygen atoms in total. The SMILES string of the molecule is Cc1cnc(C2CC2)n1CC1CCCN(Cc2ccccn2)C1. The van der Waals surface area contributed by atoms with Gasteiger partial charge < -0.3 is 4.57 Å². The highest BCUT2D eigenvalue weighted by Gasteiger charge is 2.30. The summed E-state index contributed by atoms with van der Waals surface area (Å²) in [5.74, 6) is 2.80. The molecule has 4 rings (SSSR count). The molecule has 1 saturated heterocycles. The number of rotatable bonds is 5. The van der Waals surface area contributed by atoms with Crippen molar-refractivity contribution in [1.82, 2.24) is 19.4 Å². The number of imidazole rings is 1. The van der Waals surface area contributed by atoms with Gasteiger partial charge in [-0.3, -0.25) is 9.88 Å². The number of piperidine rings is 1. The summed E-state index contributed by atoms with van der Waals surface area (Å²) < 4.78 is 2.49. The zero-order chi connectivity index (χ0) is 15.6. The molecular weight excluding hydrogens is 284 g/mol. The summed E-state index contributed by atoms with van der Waals surface area (Å²) in [5, 5.41) is 0. The predicted octanol–water partition coefficient (Wildman–Crippen LogP) is 3.38. The van der Waals surface area contributed by atoms with Crippen LogP contribution in [0.5, 0.6) is 0 Å². The van der Waals surface area contributed by atoms with E-state index in [9.17, 15) is 0 Å².